The number of thiophene rings is 1. The predicted octanol–water partition coefficient (Wildman–Crippen LogP) is 5.37. The van der Waals surface area contributed by atoms with E-state index in [9.17, 15) is 0 Å². The summed E-state index contributed by atoms with van der Waals surface area (Å²) in [6, 6.07) is 2.39. The van der Waals surface area contributed by atoms with Crippen LogP contribution in [0.1, 0.15) is 41.5 Å². The van der Waals surface area contributed by atoms with Crippen LogP contribution in [-0.2, 0) is 0 Å². The van der Waals surface area contributed by atoms with Crippen LogP contribution < -0.4 is 5.46 Å². The van der Waals surface area contributed by atoms with E-state index in [0.717, 1.165) is 17.8 Å². The maximum absolute atomic E-state index is 2.41. The Balaban J connectivity index is 3.07. The molecule has 0 radical (unpaired) electrons. The molecule has 1 rings (SSSR count). The SMILES string of the molecule is CC(C)C[B-](CC(C)C)(CC(C)C)c1ccsc1. The van der Waals surface area contributed by atoms with Crippen molar-refractivity contribution < 1.29 is 0 Å². The van der Waals surface area contributed by atoms with Crippen LogP contribution >= 0.6 is 11.3 Å². The average molecular weight is 265 g/mol. The standard InChI is InChI=1S/C16H30BS/c1-13(2)9-17(10-14(3)4,11-15(5)6)16-7-8-18-12-16/h7-8,12-15H,9-11H2,1-6H3/q-1. The normalized spacial score (nSPS) is 12.9. The molecule has 0 aliphatic carbocycles. The van der Waals surface area contributed by atoms with Gasteiger partial charge in [0.15, 0.2) is 0 Å². The van der Waals surface area contributed by atoms with Gasteiger partial charge in [0, 0.05) is 6.15 Å². The van der Waals surface area contributed by atoms with Crippen LogP contribution in [0.3, 0.4) is 0 Å². The van der Waals surface area contributed by atoms with Crippen LogP contribution in [0.2, 0.25) is 19.0 Å². The lowest BCUT2D eigenvalue weighted by molar-refractivity contribution is 0.650. The average Bonchev–Trinajstić information content (AvgIpc) is 2.65. The van der Waals surface area contributed by atoms with Gasteiger partial charge >= 0.3 is 0 Å². The molecule has 0 aromatic carbocycles. The molecule has 0 amide bonds. The van der Waals surface area contributed by atoms with Crippen LogP contribution in [-0.4, -0.2) is 6.15 Å². The van der Waals surface area contributed by atoms with E-state index in [1.54, 1.807) is 5.46 Å². The van der Waals surface area contributed by atoms with Gasteiger partial charge in [-0.3, -0.25) is 0 Å². The lowest BCUT2D eigenvalue weighted by atomic mass is 9.15. The third kappa shape index (κ3) is 4.46. The third-order valence-corrected chi connectivity index (χ3v) is 4.72. The van der Waals surface area contributed by atoms with Crippen molar-refractivity contribution in [3.8, 4) is 0 Å². The molecule has 0 aliphatic rings. The van der Waals surface area contributed by atoms with E-state index in [1.165, 1.54) is 19.0 Å². The van der Waals surface area contributed by atoms with Gasteiger partial charge in [-0.1, -0.05) is 65.4 Å². The third-order valence-electron chi connectivity index (χ3n) is 4.02. The van der Waals surface area contributed by atoms with Crippen molar-refractivity contribution >= 4 is 22.9 Å². The molecule has 0 atom stereocenters. The highest BCUT2D eigenvalue weighted by Crippen LogP contribution is 2.32. The zero-order valence-electron chi connectivity index (χ0n) is 13.1. The van der Waals surface area contributed by atoms with Crippen LogP contribution in [0.15, 0.2) is 16.8 Å². The fraction of sp³-hybridized carbons (Fsp3) is 0.750. The Bertz CT molecular complexity index is 298. The van der Waals surface area contributed by atoms with Crippen molar-refractivity contribution in [1.82, 2.24) is 0 Å². The second-order valence-electron chi connectivity index (χ2n) is 7.42. The van der Waals surface area contributed by atoms with Gasteiger partial charge in [0.2, 0.25) is 0 Å². The van der Waals surface area contributed by atoms with Gasteiger partial charge in [-0.15, -0.1) is 0 Å². The van der Waals surface area contributed by atoms with Crippen molar-refractivity contribution in [1.29, 1.82) is 0 Å². The van der Waals surface area contributed by atoms with Gasteiger partial charge in [-0.05, 0) is 10.8 Å². The first kappa shape index (κ1) is 15.8. The minimum atomic E-state index is -0.365. The van der Waals surface area contributed by atoms with E-state index in [1.807, 2.05) is 11.3 Å². The molecule has 0 saturated carbocycles. The van der Waals surface area contributed by atoms with Gasteiger partial charge in [-0.2, -0.15) is 35.8 Å². The highest BCUT2D eigenvalue weighted by molar-refractivity contribution is 7.10. The van der Waals surface area contributed by atoms with Crippen molar-refractivity contribution in [3.05, 3.63) is 16.8 Å². The lowest BCUT2D eigenvalue weighted by Crippen LogP contribution is -2.49. The summed E-state index contributed by atoms with van der Waals surface area (Å²) in [6.07, 6.45) is 3.78. The van der Waals surface area contributed by atoms with Crippen molar-refractivity contribution in [2.75, 3.05) is 0 Å². The van der Waals surface area contributed by atoms with E-state index < -0.39 is 0 Å². The highest BCUT2D eigenvalue weighted by Gasteiger charge is 2.29. The number of hydrogen-bond donors (Lipinski definition) is 0. The summed E-state index contributed by atoms with van der Waals surface area (Å²) in [6.45, 7) is 14.3. The Labute approximate surface area is 118 Å². The number of rotatable bonds is 7. The summed E-state index contributed by atoms with van der Waals surface area (Å²) in [5, 5.41) is 4.67. The van der Waals surface area contributed by atoms with Crippen LogP contribution in [0.25, 0.3) is 0 Å². The summed E-state index contributed by atoms with van der Waals surface area (Å²) in [5.41, 5.74) is 1.65. The number of hydrogen-bond acceptors (Lipinski definition) is 1. The molecule has 1 aromatic heterocycles. The summed E-state index contributed by atoms with van der Waals surface area (Å²) >= 11 is 1.86. The zero-order valence-corrected chi connectivity index (χ0v) is 13.9. The molecule has 18 heavy (non-hydrogen) atoms. The molecule has 0 bridgehead atoms. The van der Waals surface area contributed by atoms with Crippen LogP contribution in [0.4, 0.5) is 0 Å². The topological polar surface area (TPSA) is 0 Å². The fourth-order valence-electron chi connectivity index (χ4n) is 4.03. The molecular weight excluding hydrogens is 235 g/mol. The minimum Gasteiger partial charge on any atom is -0.199 e. The van der Waals surface area contributed by atoms with Crippen LogP contribution in [0, 0.1) is 17.8 Å². The Morgan fingerprint density at radius 1 is 0.889 bits per heavy atom. The maximum atomic E-state index is 2.41. The summed E-state index contributed by atoms with van der Waals surface area (Å²) in [7, 11) is 0. The first-order valence-electron chi connectivity index (χ1n) is 7.58. The quantitative estimate of drug-likeness (QED) is 0.581. The Morgan fingerprint density at radius 3 is 1.61 bits per heavy atom. The van der Waals surface area contributed by atoms with Crippen molar-refractivity contribution in [3.63, 3.8) is 0 Å². The minimum absolute atomic E-state index is 0.365. The molecule has 2 heteroatoms. The van der Waals surface area contributed by atoms with E-state index in [-0.39, 0.29) is 6.15 Å². The molecule has 1 aromatic rings. The molecule has 0 unspecified atom stereocenters. The molecular formula is C16H30BS-. The Morgan fingerprint density at radius 2 is 1.33 bits per heavy atom. The van der Waals surface area contributed by atoms with Gasteiger partial charge in [-0.25, -0.2) is 0 Å². The summed E-state index contributed by atoms with van der Waals surface area (Å²) < 4.78 is 0. The van der Waals surface area contributed by atoms with E-state index >= 15 is 0 Å². The van der Waals surface area contributed by atoms with Gasteiger partial charge in [0.05, 0.1) is 0 Å². The van der Waals surface area contributed by atoms with Gasteiger partial charge < -0.3 is 0 Å². The molecule has 0 spiro atoms. The van der Waals surface area contributed by atoms with Crippen LogP contribution in [0.5, 0.6) is 0 Å². The predicted molar refractivity (Wildman–Crippen MR) is 88.6 cm³/mol. The molecule has 104 valence electrons. The maximum Gasteiger partial charge on any atom is 0.0298 e. The molecule has 0 aliphatic heterocycles. The Hall–Kier alpha value is -0.235. The molecule has 0 N–H and O–H groups in total. The monoisotopic (exact) mass is 265 g/mol. The molecule has 0 nitrogen and oxygen atoms in total. The van der Waals surface area contributed by atoms with Gasteiger partial charge in [0.1, 0.15) is 0 Å². The van der Waals surface area contributed by atoms with Crippen molar-refractivity contribution in [2.45, 2.75) is 60.5 Å². The summed E-state index contributed by atoms with van der Waals surface area (Å²) in [5.74, 6) is 2.38. The Kier molecular flexibility index (Phi) is 5.97. The van der Waals surface area contributed by atoms with E-state index in [0.29, 0.717) is 0 Å². The second kappa shape index (κ2) is 6.79. The molecule has 0 saturated heterocycles. The zero-order chi connectivity index (χ0) is 13.8. The summed E-state index contributed by atoms with van der Waals surface area (Å²) in [4.78, 5) is 0. The van der Waals surface area contributed by atoms with Crippen molar-refractivity contribution in [2.24, 2.45) is 17.8 Å². The highest BCUT2D eigenvalue weighted by atomic mass is 32.1. The van der Waals surface area contributed by atoms with E-state index in [2.05, 4.69) is 58.4 Å². The first-order chi connectivity index (χ1) is 8.35. The van der Waals surface area contributed by atoms with Gasteiger partial charge in [0.25, 0.3) is 0 Å². The lowest BCUT2D eigenvalue weighted by Gasteiger charge is -2.44. The fourth-order valence-corrected chi connectivity index (χ4v) is 4.87. The first-order valence-corrected chi connectivity index (χ1v) is 8.53. The molecule has 1 heterocycles. The largest absolute Gasteiger partial charge is 0.199 e. The molecule has 0 fully saturated rings. The van der Waals surface area contributed by atoms with E-state index in [4.69, 9.17) is 0 Å². The second-order valence-corrected chi connectivity index (χ2v) is 8.20. The smallest absolute Gasteiger partial charge is 0.0298 e.